The summed E-state index contributed by atoms with van der Waals surface area (Å²) in [6.07, 6.45) is 5.89. The van der Waals surface area contributed by atoms with Gasteiger partial charge in [0, 0.05) is 26.2 Å². The summed E-state index contributed by atoms with van der Waals surface area (Å²) in [7, 11) is 0. The van der Waals surface area contributed by atoms with Crippen LogP contribution >= 0.6 is 0 Å². The van der Waals surface area contributed by atoms with Gasteiger partial charge in [0.2, 0.25) is 11.9 Å². The summed E-state index contributed by atoms with van der Waals surface area (Å²) in [5.41, 5.74) is 0. The number of rotatable bonds is 0. The molecule has 0 bridgehead atoms. The van der Waals surface area contributed by atoms with Gasteiger partial charge in [0.25, 0.3) is 0 Å². The van der Waals surface area contributed by atoms with Gasteiger partial charge in [-0.05, 0) is 18.9 Å². The summed E-state index contributed by atoms with van der Waals surface area (Å²) in [5.74, 6) is 0.789. The normalized spacial score (nSPS) is 21.4. The number of hydrogen-bond donors (Lipinski definition) is 0. The molecule has 4 heteroatoms. The molecule has 0 atom stereocenters. The highest BCUT2D eigenvalue weighted by Crippen LogP contribution is 2.14. The zero-order valence-electron chi connectivity index (χ0n) is 8.31. The highest BCUT2D eigenvalue weighted by Gasteiger charge is 2.24. The van der Waals surface area contributed by atoms with E-state index in [1.165, 1.54) is 12.8 Å². The van der Waals surface area contributed by atoms with Gasteiger partial charge >= 0.3 is 0 Å². The van der Waals surface area contributed by atoms with Crippen LogP contribution in [0.4, 0.5) is 0 Å². The van der Waals surface area contributed by atoms with Crippen LogP contribution in [0.15, 0.2) is 17.3 Å². The van der Waals surface area contributed by atoms with Gasteiger partial charge in [0.1, 0.15) is 0 Å². The molecule has 0 spiro atoms. The zero-order valence-corrected chi connectivity index (χ0v) is 8.31. The summed E-state index contributed by atoms with van der Waals surface area (Å²) >= 11 is 0. The molecule has 14 heavy (non-hydrogen) atoms. The third-order valence-corrected chi connectivity index (χ3v) is 2.45. The lowest BCUT2D eigenvalue weighted by molar-refractivity contribution is -0.124. The maximum absolute atomic E-state index is 11.3. The Morgan fingerprint density at radius 3 is 2.79 bits per heavy atom. The van der Waals surface area contributed by atoms with Crippen molar-refractivity contribution in [2.24, 2.45) is 4.99 Å². The maximum Gasteiger partial charge on any atom is 0.226 e. The number of aliphatic imine (C=N–C) groups is 1. The number of carbonyl (C=O) groups is 1. The molecule has 4 nitrogen and oxygen atoms in total. The summed E-state index contributed by atoms with van der Waals surface area (Å²) < 4.78 is 0. The van der Waals surface area contributed by atoms with E-state index in [9.17, 15) is 4.79 Å². The highest BCUT2D eigenvalue weighted by molar-refractivity contribution is 5.98. The fraction of sp³-hybridized carbons (Fsp3) is 0.500. The van der Waals surface area contributed by atoms with E-state index in [0.717, 1.165) is 19.0 Å². The number of guanidine groups is 1. The molecule has 75 valence electrons. The summed E-state index contributed by atoms with van der Waals surface area (Å²) in [5, 5.41) is 0. The molecule has 0 unspecified atom stereocenters. The van der Waals surface area contributed by atoms with Gasteiger partial charge < -0.3 is 4.90 Å². The van der Waals surface area contributed by atoms with Crippen LogP contribution in [-0.2, 0) is 4.79 Å². The Labute approximate surface area is 83.9 Å². The van der Waals surface area contributed by atoms with Gasteiger partial charge in [-0.15, -0.1) is 0 Å². The number of hydrogen-bond acceptors (Lipinski definition) is 3. The van der Waals surface area contributed by atoms with Crippen LogP contribution < -0.4 is 0 Å². The second kappa shape index (κ2) is 3.82. The molecular weight excluding hydrogens is 178 g/mol. The van der Waals surface area contributed by atoms with E-state index in [2.05, 4.69) is 9.89 Å². The monoisotopic (exact) mass is 192 g/mol. The lowest BCUT2D eigenvalue weighted by Gasteiger charge is -2.29. The van der Waals surface area contributed by atoms with Gasteiger partial charge in [-0.3, -0.25) is 9.69 Å². The van der Waals surface area contributed by atoms with E-state index < -0.39 is 0 Å². The number of nitrogens with zero attached hydrogens (tertiary/aromatic N) is 3. The van der Waals surface area contributed by atoms with Crippen LogP contribution in [0, 0.1) is 6.54 Å². The van der Waals surface area contributed by atoms with Gasteiger partial charge in [-0.2, -0.15) is 0 Å². The molecule has 0 N–H and O–H groups in total. The van der Waals surface area contributed by atoms with Gasteiger partial charge in [-0.1, -0.05) is 0 Å². The van der Waals surface area contributed by atoms with Crippen molar-refractivity contribution in [3.05, 3.63) is 18.8 Å². The van der Waals surface area contributed by atoms with E-state index in [4.69, 9.17) is 0 Å². The molecule has 2 rings (SSSR count). The van der Waals surface area contributed by atoms with Crippen molar-refractivity contribution in [2.75, 3.05) is 13.1 Å². The first kappa shape index (κ1) is 9.24. The maximum atomic E-state index is 11.3. The lowest BCUT2D eigenvalue weighted by atomic mass is 10.4. The van der Waals surface area contributed by atoms with Gasteiger partial charge in [-0.25, -0.2) is 4.99 Å². The molecule has 1 saturated heterocycles. The van der Waals surface area contributed by atoms with E-state index in [1.54, 1.807) is 30.6 Å². The fourth-order valence-electron chi connectivity index (χ4n) is 1.76. The molecule has 2 aliphatic heterocycles. The Bertz CT molecular complexity index is 290. The molecule has 0 aromatic rings. The Balaban J connectivity index is 2.16. The minimum atomic E-state index is 0.0139. The van der Waals surface area contributed by atoms with E-state index in [0.29, 0.717) is 0 Å². The van der Waals surface area contributed by atoms with Crippen molar-refractivity contribution in [2.45, 2.75) is 19.8 Å². The molecule has 0 aromatic heterocycles. The van der Waals surface area contributed by atoms with Crippen molar-refractivity contribution in [3.63, 3.8) is 0 Å². The topological polar surface area (TPSA) is 35.9 Å². The van der Waals surface area contributed by atoms with E-state index >= 15 is 0 Å². The number of carbonyl (C=O) groups excluding carboxylic acids is 1. The second-order valence-electron chi connectivity index (χ2n) is 3.50. The molecular formula is C10H14N3O. The average Bonchev–Trinajstić information content (AvgIpc) is 2.70. The quantitative estimate of drug-likeness (QED) is 0.573. The van der Waals surface area contributed by atoms with Gasteiger partial charge in [0.15, 0.2) is 0 Å². The molecule has 0 aromatic carbocycles. The lowest BCUT2D eigenvalue weighted by Crippen LogP contribution is -2.44. The van der Waals surface area contributed by atoms with Gasteiger partial charge in [0.05, 0.1) is 6.54 Å². The first-order chi connectivity index (χ1) is 6.79. The molecule has 1 amide bonds. The standard InChI is InChI=1S/C10H14N3O/c1-9(14)13-8-4-5-11-10(13)12-6-2-3-7-12/h4-5,8H,2-3,6-7H2,1H3. The predicted molar refractivity (Wildman–Crippen MR) is 54.2 cm³/mol. The molecule has 1 radical (unpaired) electrons. The average molecular weight is 192 g/mol. The van der Waals surface area contributed by atoms with Crippen LogP contribution in [0.3, 0.4) is 0 Å². The first-order valence-electron chi connectivity index (χ1n) is 4.91. The molecule has 0 saturated carbocycles. The molecule has 1 fully saturated rings. The smallest absolute Gasteiger partial charge is 0.226 e. The Morgan fingerprint density at radius 1 is 1.43 bits per heavy atom. The van der Waals surface area contributed by atoms with Crippen molar-refractivity contribution in [1.29, 1.82) is 0 Å². The summed E-state index contributed by atoms with van der Waals surface area (Å²) in [6.45, 7) is 5.33. The van der Waals surface area contributed by atoms with E-state index in [1.807, 2.05) is 0 Å². The highest BCUT2D eigenvalue weighted by atomic mass is 16.2. The predicted octanol–water partition coefficient (Wildman–Crippen LogP) is 0.976. The molecule has 0 aliphatic carbocycles. The second-order valence-corrected chi connectivity index (χ2v) is 3.50. The minimum absolute atomic E-state index is 0.0139. The van der Waals surface area contributed by atoms with Crippen LogP contribution in [0.25, 0.3) is 0 Å². The Hall–Kier alpha value is -1.32. The SMILES string of the molecule is CC(=O)N1[CH]C=CN=C1N1CCCC1. The largest absolute Gasteiger partial charge is 0.342 e. The van der Waals surface area contributed by atoms with Crippen molar-refractivity contribution in [1.82, 2.24) is 9.80 Å². The number of likely N-dealkylation sites (tertiary alicyclic amines) is 1. The van der Waals surface area contributed by atoms with E-state index in [-0.39, 0.29) is 5.91 Å². The third-order valence-electron chi connectivity index (χ3n) is 2.45. The molecule has 2 heterocycles. The van der Waals surface area contributed by atoms with Crippen LogP contribution in [0.5, 0.6) is 0 Å². The van der Waals surface area contributed by atoms with Crippen LogP contribution in [0.1, 0.15) is 19.8 Å². The zero-order chi connectivity index (χ0) is 9.97. The Morgan fingerprint density at radius 2 is 2.14 bits per heavy atom. The van der Waals surface area contributed by atoms with Crippen LogP contribution in [-0.4, -0.2) is 34.8 Å². The summed E-state index contributed by atoms with van der Waals surface area (Å²) in [4.78, 5) is 19.3. The molecule has 2 aliphatic rings. The number of amides is 1. The van der Waals surface area contributed by atoms with Crippen molar-refractivity contribution < 1.29 is 4.79 Å². The van der Waals surface area contributed by atoms with Crippen LogP contribution in [0.2, 0.25) is 0 Å². The third kappa shape index (κ3) is 1.64. The van der Waals surface area contributed by atoms with Crippen molar-refractivity contribution in [3.8, 4) is 0 Å². The fourth-order valence-corrected chi connectivity index (χ4v) is 1.76. The summed E-state index contributed by atoms with van der Waals surface area (Å²) in [6, 6.07) is 0. The van der Waals surface area contributed by atoms with Crippen molar-refractivity contribution >= 4 is 11.9 Å². The first-order valence-corrected chi connectivity index (χ1v) is 4.91. The Kier molecular flexibility index (Phi) is 2.52. The minimum Gasteiger partial charge on any atom is -0.342 e.